The Hall–Kier alpha value is -2.56. The molecule has 0 aromatic heterocycles. The first-order valence-corrected chi connectivity index (χ1v) is 11.4. The van der Waals surface area contributed by atoms with E-state index in [9.17, 15) is 0 Å². The molecule has 4 heteroatoms. The topological polar surface area (TPSA) is 24.1 Å². The summed E-state index contributed by atoms with van der Waals surface area (Å²) in [6.07, 6.45) is 0. The van der Waals surface area contributed by atoms with Gasteiger partial charge < -0.3 is 10.6 Å². The summed E-state index contributed by atoms with van der Waals surface area (Å²) in [5, 5.41) is 7.52. The maximum absolute atomic E-state index is 3.76. The van der Waals surface area contributed by atoms with Crippen molar-refractivity contribution in [1.82, 2.24) is 0 Å². The van der Waals surface area contributed by atoms with E-state index in [0.717, 1.165) is 20.3 Å². The van der Waals surface area contributed by atoms with Crippen LogP contribution in [0.1, 0.15) is 23.2 Å². The van der Waals surface area contributed by atoms with Crippen LogP contribution >= 0.6 is 31.9 Å². The van der Waals surface area contributed by atoms with Crippen molar-refractivity contribution in [3.8, 4) is 0 Å². The lowest BCUT2D eigenvalue weighted by Crippen LogP contribution is -2.25. The minimum absolute atomic E-state index is 0.0156. The first kappa shape index (κ1) is 20.7. The number of halogens is 2. The summed E-state index contributed by atoms with van der Waals surface area (Å²) >= 11 is 7.13. The van der Waals surface area contributed by atoms with Gasteiger partial charge in [-0.2, -0.15) is 0 Å². The predicted molar refractivity (Wildman–Crippen MR) is 134 cm³/mol. The van der Waals surface area contributed by atoms with Gasteiger partial charge in [0.1, 0.15) is 0 Å². The van der Waals surface area contributed by atoms with Gasteiger partial charge in [0.25, 0.3) is 0 Å². The Balaban J connectivity index is 1.78. The highest BCUT2D eigenvalue weighted by Crippen LogP contribution is 2.36. The van der Waals surface area contributed by atoms with Crippen LogP contribution in [0.3, 0.4) is 0 Å². The molecule has 4 aromatic rings. The Bertz CT molecular complexity index is 961. The molecule has 4 rings (SSSR count). The van der Waals surface area contributed by atoms with Gasteiger partial charge in [0.2, 0.25) is 0 Å². The summed E-state index contributed by atoms with van der Waals surface area (Å²) in [6, 6.07) is 37.8. The number of hydrogen-bond donors (Lipinski definition) is 2. The molecule has 150 valence electrons. The average Bonchev–Trinajstić information content (AvgIpc) is 2.79. The third kappa shape index (κ3) is 5.32. The largest absolute Gasteiger partial charge is 0.376 e. The zero-order valence-electron chi connectivity index (χ0n) is 16.3. The summed E-state index contributed by atoms with van der Waals surface area (Å²) in [4.78, 5) is 0. The highest BCUT2D eigenvalue weighted by Gasteiger charge is 2.25. The van der Waals surface area contributed by atoms with Crippen molar-refractivity contribution in [2.24, 2.45) is 0 Å². The van der Waals surface area contributed by atoms with E-state index in [2.05, 4.69) is 140 Å². The highest BCUT2D eigenvalue weighted by molar-refractivity contribution is 9.10. The normalized spacial score (nSPS) is 12.7. The van der Waals surface area contributed by atoms with E-state index in [1.807, 2.05) is 12.1 Å². The van der Waals surface area contributed by atoms with Crippen molar-refractivity contribution < 1.29 is 0 Å². The minimum Gasteiger partial charge on any atom is -0.376 e. The Morgan fingerprint density at radius 1 is 0.433 bits per heavy atom. The molecule has 4 aromatic carbocycles. The number of anilines is 2. The molecule has 0 bridgehead atoms. The van der Waals surface area contributed by atoms with Crippen molar-refractivity contribution in [1.29, 1.82) is 0 Å². The molecule has 0 aliphatic rings. The van der Waals surface area contributed by atoms with Crippen LogP contribution in [-0.2, 0) is 0 Å². The molecule has 30 heavy (non-hydrogen) atoms. The smallest absolute Gasteiger partial charge is 0.0757 e. The lowest BCUT2D eigenvalue weighted by atomic mass is 9.92. The van der Waals surface area contributed by atoms with Crippen LogP contribution in [0.4, 0.5) is 11.4 Å². The molecular formula is C26H22Br2N2. The molecule has 0 fully saturated rings. The second-order valence-corrected chi connectivity index (χ2v) is 8.91. The second-order valence-electron chi connectivity index (χ2n) is 7.08. The van der Waals surface area contributed by atoms with Crippen LogP contribution in [0, 0.1) is 0 Å². The van der Waals surface area contributed by atoms with Crippen LogP contribution in [0.2, 0.25) is 0 Å². The van der Waals surface area contributed by atoms with Crippen LogP contribution in [0.5, 0.6) is 0 Å². The van der Waals surface area contributed by atoms with Gasteiger partial charge in [-0.1, -0.05) is 92.5 Å². The Kier molecular flexibility index (Phi) is 6.88. The van der Waals surface area contributed by atoms with Gasteiger partial charge in [-0.05, 0) is 59.7 Å². The SMILES string of the molecule is Brc1ccc(C(Nc2ccccc2)C(Nc2ccccc2)c2ccc(Br)cc2)cc1. The van der Waals surface area contributed by atoms with Gasteiger partial charge in [0.05, 0.1) is 12.1 Å². The van der Waals surface area contributed by atoms with Gasteiger partial charge >= 0.3 is 0 Å². The van der Waals surface area contributed by atoms with Crippen molar-refractivity contribution >= 4 is 43.2 Å². The standard InChI is InChI=1S/C26H22Br2N2/c27-21-15-11-19(12-16-21)25(29-23-7-3-1-4-8-23)26(20-13-17-22(28)18-14-20)30-24-9-5-2-6-10-24/h1-18,25-26,29-30H. The van der Waals surface area contributed by atoms with Crippen LogP contribution in [-0.4, -0.2) is 0 Å². The molecule has 2 nitrogen and oxygen atoms in total. The lowest BCUT2D eigenvalue weighted by Gasteiger charge is -2.31. The maximum atomic E-state index is 3.76. The van der Waals surface area contributed by atoms with Crippen molar-refractivity contribution in [3.05, 3.63) is 129 Å². The van der Waals surface area contributed by atoms with Gasteiger partial charge in [-0.25, -0.2) is 0 Å². The van der Waals surface area contributed by atoms with Gasteiger partial charge in [0.15, 0.2) is 0 Å². The molecular weight excluding hydrogens is 500 g/mol. The minimum atomic E-state index is 0.0156. The summed E-state index contributed by atoms with van der Waals surface area (Å²) in [6.45, 7) is 0. The zero-order chi connectivity index (χ0) is 20.8. The molecule has 2 N–H and O–H groups in total. The molecule has 0 aliphatic carbocycles. The summed E-state index contributed by atoms with van der Waals surface area (Å²) in [5.74, 6) is 0. The number of para-hydroxylation sites is 2. The van der Waals surface area contributed by atoms with Crippen LogP contribution in [0.15, 0.2) is 118 Å². The van der Waals surface area contributed by atoms with E-state index >= 15 is 0 Å². The number of benzene rings is 4. The van der Waals surface area contributed by atoms with E-state index < -0.39 is 0 Å². The number of rotatable bonds is 7. The lowest BCUT2D eigenvalue weighted by molar-refractivity contribution is 0.650. The average molecular weight is 522 g/mol. The summed E-state index contributed by atoms with van der Waals surface area (Å²) < 4.78 is 2.14. The molecule has 0 aliphatic heterocycles. The summed E-state index contributed by atoms with van der Waals surface area (Å²) in [5.41, 5.74) is 4.58. The van der Waals surface area contributed by atoms with Crippen molar-refractivity contribution in [2.45, 2.75) is 12.1 Å². The van der Waals surface area contributed by atoms with E-state index in [1.54, 1.807) is 0 Å². The Morgan fingerprint density at radius 2 is 0.767 bits per heavy atom. The van der Waals surface area contributed by atoms with Gasteiger partial charge in [-0.3, -0.25) is 0 Å². The molecule has 2 atom stereocenters. The van der Waals surface area contributed by atoms with E-state index in [-0.39, 0.29) is 12.1 Å². The van der Waals surface area contributed by atoms with Crippen LogP contribution in [0.25, 0.3) is 0 Å². The second kappa shape index (κ2) is 9.96. The van der Waals surface area contributed by atoms with Gasteiger partial charge in [-0.15, -0.1) is 0 Å². The summed E-state index contributed by atoms with van der Waals surface area (Å²) in [7, 11) is 0. The fourth-order valence-electron chi connectivity index (χ4n) is 3.49. The zero-order valence-corrected chi connectivity index (χ0v) is 19.5. The van der Waals surface area contributed by atoms with E-state index in [1.165, 1.54) is 11.1 Å². The number of nitrogens with one attached hydrogen (secondary N) is 2. The Morgan fingerprint density at radius 3 is 1.10 bits per heavy atom. The fourth-order valence-corrected chi connectivity index (χ4v) is 4.02. The number of hydrogen-bond acceptors (Lipinski definition) is 2. The monoisotopic (exact) mass is 520 g/mol. The highest BCUT2D eigenvalue weighted by atomic mass is 79.9. The molecule has 0 saturated carbocycles. The Labute approximate surface area is 194 Å². The van der Waals surface area contributed by atoms with Crippen molar-refractivity contribution in [2.75, 3.05) is 10.6 Å². The predicted octanol–water partition coefficient (Wildman–Crippen LogP) is 8.22. The quantitative estimate of drug-likeness (QED) is 0.256. The third-order valence-electron chi connectivity index (χ3n) is 4.98. The molecule has 0 heterocycles. The molecule has 0 spiro atoms. The fraction of sp³-hybridized carbons (Fsp3) is 0.0769. The molecule has 0 amide bonds. The van der Waals surface area contributed by atoms with E-state index in [4.69, 9.17) is 0 Å². The van der Waals surface area contributed by atoms with Gasteiger partial charge in [0, 0.05) is 20.3 Å². The van der Waals surface area contributed by atoms with Crippen molar-refractivity contribution in [3.63, 3.8) is 0 Å². The van der Waals surface area contributed by atoms with Crippen LogP contribution < -0.4 is 10.6 Å². The molecule has 0 saturated heterocycles. The molecule has 2 unspecified atom stereocenters. The molecule has 0 radical (unpaired) electrons. The third-order valence-corrected chi connectivity index (χ3v) is 6.04. The van der Waals surface area contributed by atoms with E-state index in [0.29, 0.717) is 0 Å². The first-order chi connectivity index (χ1) is 14.7. The first-order valence-electron chi connectivity index (χ1n) is 9.83. The maximum Gasteiger partial charge on any atom is 0.0757 e.